The van der Waals surface area contributed by atoms with E-state index in [1.807, 2.05) is 0 Å². The molecule has 0 radical (unpaired) electrons. The van der Waals surface area contributed by atoms with Crippen molar-refractivity contribution in [1.29, 1.82) is 0 Å². The Morgan fingerprint density at radius 1 is 0.442 bits per heavy atom. The van der Waals surface area contributed by atoms with Gasteiger partial charge in [0.05, 0.1) is 28.4 Å². The normalized spacial score (nSPS) is 21.2. The van der Waals surface area contributed by atoms with Crippen LogP contribution in [0.15, 0.2) is 121 Å². The van der Waals surface area contributed by atoms with Gasteiger partial charge in [-0.3, -0.25) is 0 Å². The van der Waals surface area contributed by atoms with Crippen LogP contribution in [0.1, 0.15) is 48.4 Å². The first-order valence-corrected chi connectivity index (χ1v) is 13.6. The predicted molar refractivity (Wildman–Crippen MR) is 153 cm³/mol. The summed E-state index contributed by atoms with van der Waals surface area (Å²) in [5.74, 6) is -3.03. The van der Waals surface area contributed by atoms with Crippen LogP contribution in [0.2, 0.25) is 0 Å². The first kappa shape index (κ1) is 29.2. The molecule has 0 aliphatic carbocycles. The molecule has 1 fully saturated rings. The molecule has 1 aliphatic heterocycles. The Kier molecular flexibility index (Phi) is 9.23. The molecule has 1 saturated heterocycles. The summed E-state index contributed by atoms with van der Waals surface area (Å²) < 4.78 is 29.2. The maximum absolute atomic E-state index is 13.3. The minimum atomic E-state index is -1.52. The molecule has 0 spiro atoms. The standard InChI is InChI=1S/C34H28O9/c1-22-27(40-30(35)23-14-6-2-7-15-23)28(41-31(36)24-16-8-3-9-17-24)29(42-32(37)25-18-10-4-11-19-25)34(39-22)43-33(38)26-20-12-5-13-21-26/h2-22,27-29,34H,1H3/t22-,27+,28+,29-,34?/m0/s1. The van der Waals surface area contributed by atoms with Gasteiger partial charge in [-0.15, -0.1) is 0 Å². The van der Waals surface area contributed by atoms with E-state index in [1.165, 1.54) is 12.1 Å². The van der Waals surface area contributed by atoms with E-state index in [0.717, 1.165) is 0 Å². The van der Waals surface area contributed by atoms with Crippen LogP contribution in [0, 0.1) is 0 Å². The first-order valence-electron chi connectivity index (χ1n) is 13.6. The molecule has 1 heterocycles. The third kappa shape index (κ3) is 7.14. The van der Waals surface area contributed by atoms with Crippen molar-refractivity contribution in [2.24, 2.45) is 0 Å². The zero-order chi connectivity index (χ0) is 30.2. The summed E-state index contributed by atoms with van der Waals surface area (Å²) in [5, 5.41) is 0. The first-order chi connectivity index (χ1) is 20.9. The summed E-state index contributed by atoms with van der Waals surface area (Å²) in [6.45, 7) is 1.57. The van der Waals surface area contributed by atoms with Gasteiger partial charge in [-0.05, 0) is 55.5 Å². The van der Waals surface area contributed by atoms with E-state index in [-0.39, 0.29) is 22.3 Å². The van der Waals surface area contributed by atoms with Crippen LogP contribution >= 0.6 is 0 Å². The molecular weight excluding hydrogens is 552 g/mol. The number of esters is 4. The van der Waals surface area contributed by atoms with Crippen LogP contribution in [0.25, 0.3) is 0 Å². The number of ether oxygens (including phenoxy) is 5. The molecule has 0 N–H and O–H groups in total. The molecule has 4 aromatic rings. The number of benzene rings is 4. The second kappa shape index (κ2) is 13.6. The van der Waals surface area contributed by atoms with Crippen molar-refractivity contribution in [1.82, 2.24) is 0 Å². The Labute approximate surface area is 247 Å². The van der Waals surface area contributed by atoms with E-state index in [9.17, 15) is 19.2 Å². The molecule has 0 saturated carbocycles. The van der Waals surface area contributed by atoms with E-state index in [1.54, 1.807) is 116 Å². The quantitative estimate of drug-likeness (QED) is 0.203. The highest BCUT2D eigenvalue weighted by Gasteiger charge is 2.53. The van der Waals surface area contributed by atoms with E-state index in [2.05, 4.69) is 0 Å². The minimum absolute atomic E-state index is 0.195. The Morgan fingerprint density at radius 2 is 0.744 bits per heavy atom. The van der Waals surface area contributed by atoms with Gasteiger partial charge in [-0.25, -0.2) is 19.2 Å². The van der Waals surface area contributed by atoms with Gasteiger partial charge < -0.3 is 23.7 Å². The van der Waals surface area contributed by atoms with Gasteiger partial charge in [0.1, 0.15) is 0 Å². The number of carbonyl (C=O) groups is 4. The van der Waals surface area contributed by atoms with E-state index < -0.39 is 54.6 Å². The lowest BCUT2D eigenvalue weighted by Gasteiger charge is -2.43. The summed E-state index contributed by atoms with van der Waals surface area (Å²) in [4.78, 5) is 52.8. The van der Waals surface area contributed by atoms with Crippen molar-refractivity contribution in [3.8, 4) is 0 Å². The second-order valence-corrected chi connectivity index (χ2v) is 9.69. The maximum Gasteiger partial charge on any atom is 0.340 e. The Hall–Kier alpha value is -5.28. The van der Waals surface area contributed by atoms with Crippen molar-refractivity contribution < 1.29 is 42.9 Å². The van der Waals surface area contributed by atoms with Crippen molar-refractivity contribution in [2.45, 2.75) is 37.6 Å². The van der Waals surface area contributed by atoms with Crippen LogP contribution < -0.4 is 0 Å². The van der Waals surface area contributed by atoms with Crippen LogP contribution in [-0.2, 0) is 23.7 Å². The number of hydrogen-bond donors (Lipinski definition) is 0. The van der Waals surface area contributed by atoms with Gasteiger partial charge in [0.25, 0.3) is 0 Å². The van der Waals surface area contributed by atoms with Gasteiger partial charge in [0.2, 0.25) is 12.4 Å². The molecule has 0 amide bonds. The van der Waals surface area contributed by atoms with Crippen molar-refractivity contribution in [3.63, 3.8) is 0 Å². The SMILES string of the molecule is C[C@@H]1OC(OC(=O)c2ccccc2)[C@@H](OC(=O)c2ccccc2)[C@H](OC(=O)c2ccccc2)[C@@H]1OC(=O)c1ccccc1. The number of hydrogen-bond acceptors (Lipinski definition) is 9. The van der Waals surface area contributed by atoms with E-state index in [4.69, 9.17) is 23.7 Å². The molecule has 9 nitrogen and oxygen atoms in total. The maximum atomic E-state index is 13.3. The summed E-state index contributed by atoms with van der Waals surface area (Å²) in [6.07, 6.45) is -6.67. The molecular formula is C34H28O9. The monoisotopic (exact) mass is 580 g/mol. The molecule has 218 valence electrons. The highest BCUT2D eigenvalue weighted by atomic mass is 16.7. The van der Waals surface area contributed by atoms with Crippen LogP contribution in [-0.4, -0.2) is 54.6 Å². The van der Waals surface area contributed by atoms with Crippen molar-refractivity contribution >= 4 is 23.9 Å². The lowest BCUT2D eigenvalue weighted by molar-refractivity contribution is -0.274. The zero-order valence-electron chi connectivity index (χ0n) is 23.1. The summed E-state index contributed by atoms with van der Waals surface area (Å²) in [6, 6.07) is 32.7. The van der Waals surface area contributed by atoms with Crippen LogP contribution in [0.5, 0.6) is 0 Å². The minimum Gasteiger partial charge on any atom is -0.452 e. The molecule has 1 unspecified atom stereocenters. The smallest absolute Gasteiger partial charge is 0.340 e. The van der Waals surface area contributed by atoms with Gasteiger partial charge in [-0.2, -0.15) is 0 Å². The molecule has 43 heavy (non-hydrogen) atoms. The fourth-order valence-electron chi connectivity index (χ4n) is 4.54. The second-order valence-electron chi connectivity index (χ2n) is 9.69. The third-order valence-corrected chi connectivity index (χ3v) is 6.72. The fraction of sp³-hybridized carbons (Fsp3) is 0.176. The van der Waals surface area contributed by atoms with E-state index in [0.29, 0.717) is 0 Å². The average Bonchev–Trinajstić information content (AvgIpc) is 3.05. The average molecular weight is 581 g/mol. The Morgan fingerprint density at radius 3 is 1.12 bits per heavy atom. The van der Waals surface area contributed by atoms with Gasteiger partial charge >= 0.3 is 23.9 Å². The topological polar surface area (TPSA) is 114 Å². The summed E-state index contributed by atoms with van der Waals surface area (Å²) in [7, 11) is 0. The van der Waals surface area contributed by atoms with Gasteiger partial charge in [-0.1, -0.05) is 72.8 Å². The molecule has 9 heteroatoms. The lowest BCUT2D eigenvalue weighted by Crippen LogP contribution is -2.61. The van der Waals surface area contributed by atoms with Crippen molar-refractivity contribution in [3.05, 3.63) is 144 Å². The highest BCUT2D eigenvalue weighted by Crippen LogP contribution is 2.31. The summed E-state index contributed by atoms with van der Waals surface area (Å²) >= 11 is 0. The van der Waals surface area contributed by atoms with E-state index >= 15 is 0 Å². The fourth-order valence-corrected chi connectivity index (χ4v) is 4.54. The van der Waals surface area contributed by atoms with Gasteiger partial charge in [0.15, 0.2) is 12.2 Å². The largest absolute Gasteiger partial charge is 0.452 e. The highest BCUT2D eigenvalue weighted by molar-refractivity contribution is 5.92. The van der Waals surface area contributed by atoms with Crippen LogP contribution in [0.3, 0.4) is 0 Å². The lowest BCUT2D eigenvalue weighted by atomic mass is 9.98. The molecule has 5 atom stereocenters. The van der Waals surface area contributed by atoms with Crippen LogP contribution in [0.4, 0.5) is 0 Å². The summed E-state index contributed by atoms with van der Waals surface area (Å²) in [5.41, 5.74) is 0.876. The predicted octanol–water partition coefficient (Wildman–Crippen LogP) is 5.27. The molecule has 1 aliphatic rings. The Balaban J connectivity index is 1.51. The molecule has 4 aromatic carbocycles. The molecule has 0 aromatic heterocycles. The Bertz CT molecular complexity index is 1540. The molecule has 5 rings (SSSR count). The third-order valence-electron chi connectivity index (χ3n) is 6.72. The number of rotatable bonds is 8. The van der Waals surface area contributed by atoms with Crippen molar-refractivity contribution in [2.75, 3.05) is 0 Å². The zero-order valence-corrected chi connectivity index (χ0v) is 23.1. The van der Waals surface area contributed by atoms with Gasteiger partial charge in [0, 0.05) is 0 Å². The molecule has 0 bridgehead atoms. The number of carbonyl (C=O) groups excluding carboxylic acids is 4.